The summed E-state index contributed by atoms with van der Waals surface area (Å²) in [7, 11) is 0. The first-order chi connectivity index (χ1) is 12.9. The second-order valence-electron chi connectivity index (χ2n) is 7.83. The van der Waals surface area contributed by atoms with Gasteiger partial charge in [-0.15, -0.1) is 0 Å². The summed E-state index contributed by atoms with van der Waals surface area (Å²) >= 11 is 0. The average molecular weight is 370 g/mol. The van der Waals surface area contributed by atoms with Gasteiger partial charge in [0.15, 0.2) is 0 Å². The monoisotopic (exact) mass is 370 g/mol. The van der Waals surface area contributed by atoms with Gasteiger partial charge < -0.3 is 5.32 Å². The van der Waals surface area contributed by atoms with Crippen LogP contribution in [0.25, 0.3) is 10.9 Å². The molecule has 4 rings (SSSR count). The fourth-order valence-electron chi connectivity index (χ4n) is 4.84. The maximum atomic E-state index is 12.6. The number of benzene rings is 1. The SMILES string of the molecule is CC(NC(=O)Cn1cnc2cc([N+](=O)[O-])ccc2c1=O)C1CC2CCC1C2. The zero-order valence-corrected chi connectivity index (χ0v) is 15.1. The summed E-state index contributed by atoms with van der Waals surface area (Å²) < 4.78 is 1.25. The van der Waals surface area contributed by atoms with Gasteiger partial charge in [-0.25, -0.2) is 4.98 Å². The highest BCUT2D eigenvalue weighted by Gasteiger charge is 2.42. The lowest BCUT2D eigenvalue weighted by atomic mass is 9.84. The molecule has 1 amide bonds. The van der Waals surface area contributed by atoms with Crippen LogP contribution in [-0.4, -0.2) is 26.4 Å². The van der Waals surface area contributed by atoms with Crippen molar-refractivity contribution in [3.63, 3.8) is 0 Å². The molecule has 4 unspecified atom stereocenters. The predicted molar refractivity (Wildman–Crippen MR) is 99.2 cm³/mol. The molecule has 1 N–H and O–H groups in total. The van der Waals surface area contributed by atoms with Crippen LogP contribution in [0.2, 0.25) is 0 Å². The second kappa shape index (κ2) is 6.75. The Bertz CT molecular complexity index is 970. The Labute approximate surface area is 155 Å². The molecule has 2 aromatic rings. The number of fused-ring (bicyclic) bond motifs is 3. The van der Waals surface area contributed by atoms with E-state index in [9.17, 15) is 19.7 Å². The molecule has 1 aromatic heterocycles. The molecule has 8 heteroatoms. The maximum Gasteiger partial charge on any atom is 0.271 e. The van der Waals surface area contributed by atoms with Crippen LogP contribution < -0.4 is 10.9 Å². The second-order valence-corrected chi connectivity index (χ2v) is 7.83. The predicted octanol–water partition coefficient (Wildman–Crippen LogP) is 2.25. The van der Waals surface area contributed by atoms with Gasteiger partial charge in [0, 0.05) is 18.2 Å². The summed E-state index contributed by atoms with van der Waals surface area (Å²) in [4.78, 5) is 39.4. The summed E-state index contributed by atoms with van der Waals surface area (Å²) in [6.45, 7) is 1.94. The number of aromatic nitrogens is 2. The lowest BCUT2D eigenvalue weighted by molar-refractivity contribution is -0.384. The Morgan fingerprint density at radius 3 is 2.89 bits per heavy atom. The van der Waals surface area contributed by atoms with E-state index < -0.39 is 4.92 Å². The van der Waals surface area contributed by atoms with E-state index in [0.717, 1.165) is 5.92 Å². The zero-order valence-electron chi connectivity index (χ0n) is 15.1. The number of hydrogen-bond acceptors (Lipinski definition) is 5. The number of nitro groups is 1. The maximum absolute atomic E-state index is 12.6. The summed E-state index contributed by atoms with van der Waals surface area (Å²) in [6.07, 6.45) is 6.32. The summed E-state index contributed by atoms with van der Waals surface area (Å²) in [5.41, 5.74) is -0.247. The molecule has 1 heterocycles. The highest BCUT2D eigenvalue weighted by molar-refractivity contribution is 5.80. The Morgan fingerprint density at radius 2 is 2.22 bits per heavy atom. The number of nitrogens with zero attached hydrogens (tertiary/aromatic N) is 3. The molecular weight excluding hydrogens is 348 g/mol. The molecule has 2 saturated carbocycles. The molecule has 142 valence electrons. The molecule has 1 aromatic carbocycles. The number of amides is 1. The summed E-state index contributed by atoms with van der Waals surface area (Å²) in [6, 6.07) is 4.01. The van der Waals surface area contributed by atoms with Crippen molar-refractivity contribution < 1.29 is 9.72 Å². The normalized spacial score (nSPS) is 24.9. The number of nitrogens with one attached hydrogen (secondary N) is 1. The molecule has 0 radical (unpaired) electrons. The molecule has 4 atom stereocenters. The first-order valence-electron chi connectivity index (χ1n) is 9.35. The molecule has 0 saturated heterocycles. The molecule has 27 heavy (non-hydrogen) atoms. The lowest BCUT2D eigenvalue weighted by Gasteiger charge is -2.28. The van der Waals surface area contributed by atoms with Gasteiger partial charge in [-0.2, -0.15) is 0 Å². The van der Waals surface area contributed by atoms with Crippen LogP contribution in [0.1, 0.15) is 32.6 Å². The van der Waals surface area contributed by atoms with Crippen molar-refractivity contribution in [3.8, 4) is 0 Å². The van der Waals surface area contributed by atoms with Crippen LogP contribution >= 0.6 is 0 Å². The van der Waals surface area contributed by atoms with Gasteiger partial charge in [-0.05, 0) is 50.0 Å². The van der Waals surface area contributed by atoms with Gasteiger partial charge in [0.25, 0.3) is 11.2 Å². The smallest absolute Gasteiger partial charge is 0.271 e. The van der Waals surface area contributed by atoms with E-state index in [4.69, 9.17) is 0 Å². The van der Waals surface area contributed by atoms with Crippen molar-refractivity contribution in [2.24, 2.45) is 17.8 Å². The van der Waals surface area contributed by atoms with Crippen molar-refractivity contribution in [1.82, 2.24) is 14.9 Å². The molecule has 2 fully saturated rings. The summed E-state index contributed by atoms with van der Waals surface area (Å²) in [5, 5.41) is 14.1. The van der Waals surface area contributed by atoms with E-state index in [0.29, 0.717) is 11.8 Å². The quantitative estimate of drug-likeness (QED) is 0.642. The van der Waals surface area contributed by atoms with Crippen molar-refractivity contribution in [3.05, 3.63) is 45.0 Å². The van der Waals surface area contributed by atoms with E-state index in [1.165, 1.54) is 54.8 Å². The lowest BCUT2D eigenvalue weighted by Crippen LogP contribution is -2.42. The first kappa shape index (κ1) is 17.6. The standard InChI is InChI=1S/C19H22N4O4/c1-11(16-7-12-2-3-13(16)6-12)21-18(24)9-22-10-20-17-8-14(23(26)27)4-5-15(17)19(22)25/h4-5,8,10-13,16H,2-3,6-7,9H2,1H3,(H,21,24). The molecule has 2 aliphatic rings. The van der Waals surface area contributed by atoms with Gasteiger partial charge in [0.1, 0.15) is 6.54 Å². The van der Waals surface area contributed by atoms with Crippen LogP contribution in [-0.2, 0) is 11.3 Å². The van der Waals surface area contributed by atoms with Gasteiger partial charge in [0.05, 0.1) is 22.2 Å². The molecule has 0 aliphatic heterocycles. The Balaban J connectivity index is 1.47. The van der Waals surface area contributed by atoms with E-state index in [2.05, 4.69) is 10.3 Å². The number of hydrogen-bond donors (Lipinski definition) is 1. The van der Waals surface area contributed by atoms with Crippen LogP contribution in [0.4, 0.5) is 5.69 Å². The number of rotatable bonds is 5. The van der Waals surface area contributed by atoms with Crippen molar-refractivity contribution >= 4 is 22.5 Å². The van der Waals surface area contributed by atoms with Gasteiger partial charge >= 0.3 is 0 Å². The fraction of sp³-hybridized carbons (Fsp3) is 0.526. The van der Waals surface area contributed by atoms with Gasteiger partial charge in [-0.3, -0.25) is 24.3 Å². The minimum absolute atomic E-state index is 0.0968. The van der Waals surface area contributed by atoms with Crippen LogP contribution in [0.3, 0.4) is 0 Å². The van der Waals surface area contributed by atoms with Gasteiger partial charge in [-0.1, -0.05) is 6.42 Å². The number of non-ortho nitro benzene ring substituents is 1. The third-order valence-corrected chi connectivity index (χ3v) is 6.16. The molecule has 2 bridgehead atoms. The third kappa shape index (κ3) is 3.31. The first-order valence-corrected chi connectivity index (χ1v) is 9.35. The molecular formula is C19H22N4O4. The van der Waals surface area contributed by atoms with Crippen LogP contribution in [0.5, 0.6) is 0 Å². The average Bonchev–Trinajstić information content (AvgIpc) is 3.27. The highest BCUT2D eigenvalue weighted by Crippen LogP contribution is 2.49. The van der Waals surface area contributed by atoms with Gasteiger partial charge in [0.2, 0.25) is 5.91 Å². The summed E-state index contributed by atoms with van der Waals surface area (Å²) in [5.74, 6) is 1.84. The number of carbonyl (C=O) groups is 1. The van der Waals surface area contributed by atoms with E-state index >= 15 is 0 Å². The largest absolute Gasteiger partial charge is 0.352 e. The van der Waals surface area contributed by atoms with Crippen molar-refractivity contribution in [1.29, 1.82) is 0 Å². The Hall–Kier alpha value is -2.77. The minimum atomic E-state index is -0.531. The van der Waals surface area contributed by atoms with Crippen molar-refractivity contribution in [2.75, 3.05) is 0 Å². The van der Waals surface area contributed by atoms with E-state index in [-0.39, 0.29) is 40.6 Å². The molecule has 8 nitrogen and oxygen atoms in total. The number of nitro benzene ring substituents is 1. The minimum Gasteiger partial charge on any atom is -0.352 e. The molecule has 0 spiro atoms. The van der Waals surface area contributed by atoms with E-state index in [1.54, 1.807) is 0 Å². The number of carbonyl (C=O) groups excluding carboxylic acids is 1. The van der Waals surface area contributed by atoms with E-state index in [1.807, 2.05) is 6.92 Å². The van der Waals surface area contributed by atoms with Crippen LogP contribution in [0.15, 0.2) is 29.3 Å². The zero-order chi connectivity index (χ0) is 19.1. The Kier molecular flexibility index (Phi) is 4.41. The fourth-order valence-corrected chi connectivity index (χ4v) is 4.84. The van der Waals surface area contributed by atoms with Crippen molar-refractivity contribution in [2.45, 2.75) is 45.2 Å². The topological polar surface area (TPSA) is 107 Å². The highest BCUT2D eigenvalue weighted by atomic mass is 16.6. The third-order valence-electron chi connectivity index (χ3n) is 6.16. The Morgan fingerprint density at radius 1 is 1.41 bits per heavy atom. The molecule has 2 aliphatic carbocycles. The van der Waals surface area contributed by atoms with Crippen LogP contribution in [0, 0.1) is 27.9 Å².